The van der Waals surface area contributed by atoms with Crippen LogP contribution in [0.1, 0.15) is 37.3 Å². The number of hydrogen-bond donors (Lipinski definition) is 2. The van der Waals surface area contributed by atoms with Gasteiger partial charge in [0.15, 0.2) is 0 Å². The second-order valence-electron chi connectivity index (χ2n) is 7.99. The highest BCUT2D eigenvalue weighted by atomic mass is 35.5. The monoisotopic (exact) mass is 406 g/mol. The van der Waals surface area contributed by atoms with Gasteiger partial charge in [0.25, 0.3) is 5.91 Å². The average molecular weight is 407 g/mol. The van der Waals surface area contributed by atoms with Crippen LogP contribution in [0, 0.1) is 6.92 Å². The Morgan fingerprint density at radius 2 is 1.82 bits per heavy atom. The fourth-order valence-corrected chi connectivity index (χ4v) is 4.53. The number of nitrogens with one attached hydrogen (secondary N) is 2. The standard InChI is InChI=1S/C20H26N4O3.ClH/c1-13-3-5-14(6-4-13)20(2)18(26)23(19(27)22-20)12-17(25)24-15-7-8-16(24)11-21-10-9-15;/h3-6,15-16,21H,7-12H2,1-2H3,(H,22,27);1H. The molecular weight excluding hydrogens is 380 g/mol. The zero-order chi connectivity index (χ0) is 19.2. The van der Waals surface area contributed by atoms with Crippen molar-refractivity contribution in [3.05, 3.63) is 35.4 Å². The Hall–Kier alpha value is -2.12. The van der Waals surface area contributed by atoms with Crippen LogP contribution in [0.4, 0.5) is 4.79 Å². The maximum atomic E-state index is 13.0. The van der Waals surface area contributed by atoms with Gasteiger partial charge in [-0.2, -0.15) is 0 Å². The Morgan fingerprint density at radius 1 is 1.14 bits per heavy atom. The lowest BCUT2D eigenvalue weighted by Crippen LogP contribution is -2.49. The summed E-state index contributed by atoms with van der Waals surface area (Å²) in [5.74, 6) is -0.507. The lowest BCUT2D eigenvalue weighted by molar-refractivity contribution is -0.140. The highest BCUT2D eigenvalue weighted by Crippen LogP contribution is 2.31. The lowest BCUT2D eigenvalue weighted by Gasteiger charge is -2.29. The molecule has 0 aromatic heterocycles. The first-order chi connectivity index (χ1) is 12.9. The Bertz CT molecular complexity index is 770. The van der Waals surface area contributed by atoms with Crippen LogP contribution in [0.3, 0.4) is 0 Å². The van der Waals surface area contributed by atoms with Crippen LogP contribution in [0.5, 0.6) is 0 Å². The molecule has 3 fully saturated rings. The largest absolute Gasteiger partial charge is 0.334 e. The maximum absolute atomic E-state index is 13.0. The first kappa shape index (κ1) is 20.6. The smallest absolute Gasteiger partial charge is 0.325 e. The molecular formula is C20H27ClN4O3. The van der Waals surface area contributed by atoms with Crippen molar-refractivity contribution in [1.82, 2.24) is 20.4 Å². The average Bonchev–Trinajstić information content (AvgIpc) is 3.02. The second-order valence-corrected chi connectivity index (χ2v) is 7.99. The summed E-state index contributed by atoms with van der Waals surface area (Å²) in [7, 11) is 0. The van der Waals surface area contributed by atoms with E-state index in [1.807, 2.05) is 36.1 Å². The van der Waals surface area contributed by atoms with Crippen molar-refractivity contribution in [2.45, 2.75) is 50.7 Å². The molecule has 0 aliphatic carbocycles. The van der Waals surface area contributed by atoms with Gasteiger partial charge in [0.2, 0.25) is 5.91 Å². The Morgan fingerprint density at radius 3 is 2.54 bits per heavy atom. The van der Waals surface area contributed by atoms with E-state index in [2.05, 4.69) is 10.6 Å². The molecule has 3 unspecified atom stereocenters. The van der Waals surface area contributed by atoms with E-state index in [0.717, 1.165) is 48.4 Å². The topological polar surface area (TPSA) is 81.8 Å². The van der Waals surface area contributed by atoms with Crippen molar-refractivity contribution < 1.29 is 14.4 Å². The molecule has 1 aromatic carbocycles. The van der Waals surface area contributed by atoms with Gasteiger partial charge < -0.3 is 15.5 Å². The molecule has 0 radical (unpaired) electrons. The van der Waals surface area contributed by atoms with E-state index in [0.29, 0.717) is 0 Å². The summed E-state index contributed by atoms with van der Waals surface area (Å²) in [6.07, 6.45) is 2.90. The molecule has 2 N–H and O–H groups in total. The van der Waals surface area contributed by atoms with Gasteiger partial charge in [-0.1, -0.05) is 29.8 Å². The predicted molar refractivity (Wildman–Crippen MR) is 107 cm³/mol. The number of urea groups is 1. The first-order valence-electron chi connectivity index (χ1n) is 9.63. The number of rotatable bonds is 3. The summed E-state index contributed by atoms with van der Waals surface area (Å²) in [4.78, 5) is 41.5. The minimum absolute atomic E-state index is 0. The molecule has 4 rings (SSSR count). The molecule has 4 amide bonds. The second kappa shape index (κ2) is 7.72. The van der Waals surface area contributed by atoms with Crippen LogP contribution in [0.25, 0.3) is 0 Å². The summed E-state index contributed by atoms with van der Waals surface area (Å²) in [6, 6.07) is 7.39. The highest BCUT2D eigenvalue weighted by Gasteiger charge is 2.50. The van der Waals surface area contributed by atoms with Gasteiger partial charge in [-0.05, 0) is 45.2 Å². The first-order valence-corrected chi connectivity index (χ1v) is 9.63. The van der Waals surface area contributed by atoms with Crippen molar-refractivity contribution in [2.24, 2.45) is 0 Å². The number of imide groups is 1. The van der Waals surface area contributed by atoms with E-state index in [-0.39, 0.29) is 42.8 Å². The van der Waals surface area contributed by atoms with Crippen molar-refractivity contribution in [3.63, 3.8) is 0 Å². The predicted octanol–water partition coefficient (Wildman–Crippen LogP) is 1.54. The number of halogens is 1. The van der Waals surface area contributed by atoms with E-state index >= 15 is 0 Å². The van der Waals surface area contributed by atoms with Crippen LogP contribution in [-0.2, 0) is 15.1 Å². The van der Waals surface area contributed by atoms with Gasteiger partial charge in [0.05, 0.1) is 0 Å². The third kappa shape index (κ3) is 3.37. The van der Waals surface area contributed by atoms with E-state index in [9.17, 15) is 14.4 Å². The molecule has 3 aliphatic rings. The van der Waals surface area contributed by atoms with Crippen LogP contribution in [-0.4, -0.2) is 59.4 Å². The van der Waals surface area contributed by atoms with E-state index in [4.69, 9.17) is 0 Å². The zero-order valence-electron chi connectivity index (χ0n) is 16.2. The minimum Gasteiger partial charge on any atom is -0.334 e. The molecule has 3 aliphatic heterocycles. The molecule has 152 valence electrons. The normalized spacial score (nSPS) is 29.4. The van der Waals surface area contributed by atoms with Gasteiger partial charge in [0.1, 0.15) is 12.1 Å². The van der Waals surface area contributed by atoms with E-state index in [1.54, 1.807) is 6.92 Å². The lowest BCUT2D eigenvalue weighted by atomic mass is 9.91. The third-order valence-corrected chi connectivity index (χ3v) is 6.14. The molecule has 28 heavy (non-hydrogen) atoms. The number of fused-ring (bicyclic) bond motifs is 2. The SMILES string of the molecule is Cc1ccc(C2(C)NC(=O)N(CC(=O)N3C4CCNCC3CC4)C2=O)cc1.Cl. The molecule has 3 saturated heterocycles. The fourth-order valence-electron chi connectivity index (χ4n) is 4.53. The number of carbonyl (C=O) groups excluding carboxylic acids is 3. The Kier molecular flexibility index (Phi) is 5.68. The third-order valence-electron chi connectivity index (χ3n) is 6.14. The maximum Gasteiger partial charge on any atom is 0.325 e. The fraction of sp³-hybridized carbons (Fsp3) is 0.550. The molecule has 3 heterocycles. The number of aryl methyl sites for hydroxylation is 1. The Labute approximate surface area is 171 Å². The van der Waals surface area contributed by atoms with Gasteiger partial charge in [-0.3, -0.25) is 14.5 Å². The van der Waals surface area contributed by atoms with Gasteiger partial charge >= 0.3 is 6.03 Å². The van der Waals surface area contributed by atoms with E-state index < -0.39 is 11.6 Å². The number of benzene rings is 1. The molecule has 1 aromatic rings. The summed E-state index contributed by atoms with van der Waals surface area (Å²) in [6.45, 7) is 5.15. The molecule has 7 nitrogen and oxygen atoms in total. The Balaban J connectivity index is 0.00000225. The number of hydrogen-bond acceptors (Lipinski definition) is 4. The van der Waals surface area contributed by atoms with Gasteiger partial charge in [0, 0.05) is 18.6 Å². The van der Waals surface area contributed by atoms with Crippen LogP contribution < -0.4 is 10.6 Å². The summed E-state index contributed by atoms with van der Waals surface area (Å²) in [5, 5.41) is 6.14. The molecule has 2 bridgehead atoms. The van der Waals surface area contributed by atoms with Crippen molar-refractivity contribution in [3.8, 4) is 0 Å². The summed E-state index contributed by atoms with van der Waals surface area (Å²) < 4.78 is 0. The number of amides is 4. The molecule has 8 heteroatoms. The molecule has 0 saturated carbocycles. The molecule has 0 spiro atoms. The van der Waals surface area contributed by atoms with Crippen LogP contribution >= 0.6 is 12.4 Å². The van der Waals surface area contributed by atoms with Crippen LogP contribution in [0.15, 0.2) is 24.3 Å². The zero-order valence-corrected chi connectivity index (χ0v) is 17.1. The van der Waals surface area contributed by atoms with Crippen molar-refractivity contribution in [1.29, 1.82) is 0 Å². The molecule has 3 atom stereocenters. The minimum atomic E-state index is -1.13. The van der Waals surface area contributed by atoms with Gasteiger partial charge in [-0.15, -0.1) is 12.4 Å². The number of nitrogens with zero attached hydrogens (tertiary/aromatic N) is 2. The van der Waals surface area contributed by atoms with Crippen molar-refractivity contribution >= 4 is 30.3 Å². The summed E-state index contributed by atoms with van der Waals surface area (Å²) >= 11 is 0. The highest BCUT2D eigenvalue weighted by molar-refractivity contribution is 6.09. The summed E-state index contributed by atoms with van der Waals surface area (Å²) in [5.41, 5.74) is 0.668. The van der Waals surface area contributed by atoms with Gasteiger partial charge in [-0.25, -0.2) is 4.79 Å². The van der Waals surface area contributed by atoms with E-state index in [1.165, 1.54) is 0 Å². The number of carbonyl (C=O) groups is 3. The quantitative estimate of drug-likeness (QED) is 0.746. The van der Waals surface area contributed by atoms with Crippen LogP contribution in [0.2, 0.25) is 0 Å². The van der Waals surface area contributed by atoms with Crippen molar-refractivity contribution in [2.75, 3.05) is 19.6 Å².